The molecule has 2 heterocycles. The topological polar surface area (TPSA) is 75.6 Å². The van der Waals surface area contributed by atoms with E-state index in [4.69, 9.17) is 0 Å². The Morgan fingerprint density at radius 2 is 2.37 bits per heavy atom. The highest BCUT2D eigenvalue weighted by molar-refractivity contribution is 5.95. The van der Waals surface area contributed by atoms with Crippen LogP contribution in [0.5, 0.6) is 0 Å². The maximum Gasteiger partial charge on any atom is 0.254 e. The first-order chi connectivity index (χ1) is 9.15. The molecule has 0 aliphatic heterocycles. The lowest BCUT2D eigenvalue weighted by Gasteiger charge is -2.22. The summed E-state index contributed by atoms with van der Waals surface area (Å²) in [5, 5.41) is 14.2. The number of aromatic amines is 1. The first-order valence-electron chi connectivity index (χ1n) is 6.45. The Labute approximate surface area is 111 Å². The highest BCUT2D eigenvalue weighted by Gasteiger charge is 2.23. The predicted octanol–water partition coefficient (Wildman–Crippen LogP) is 0.739. The maximum absolute atomic E-state index is 12.2. The Bertz CT molecular complexity index is 612. The van der Waals surface area contributed by atoms with Crippen LogP contribution in [0.3, 0.4) is 0 Å². The fraction of sp³-hybridized carbons (Fsp3) is 0.462. The van der Waals surface area contributed by atoms with E-state index < -0.39 is 0 Å². The molecule has 2 N–H and O–H groups in total. The fourth-order valence-electron chi connectivity index (χ4n) is 2.52. The number of nitrogens with zero attached hydrogens (tertiary/aromatic N) is 3. The standard InChI is InChI=1S/C13H17N5O/c1-8-11(7-15-18(8)2)13(19)16-10-4-3-9-6-14-17-12(9)5-10/h6-7,10H,3-5H2,1-2H3,(H,14,17)(H,16,19)/t10-/m1/s1. The van der Waals surface area contributed by atoms with Gasteiger partial charge in [-0.3, -0.25) is 14.6 Å². The summed E-state index contributed by atoms with van der Waals surface area (Å²) in [6, 6.07) is 0.167. The number of aromatic nitrogens is 4. The molecule has 0 spiro atoms. The van der Waals surface area contributed by atoms with Crippen LogP contribution in [0.15, 0.2) is 12.4 Å². The average Bonchev–Trinajstić information content (AvgIpc) is 2.97. The lowest BCUT2D eigenvalue weighted by atomic mass is 9.93. The largest absolute Gasteiger partial charge is 0.349 e. The van der Waals surface area contributed by atoms with E-state index >= 15 is 0 Å². The molecule has 0 aromatic carbocycles. The van der Waals surface area contributed by atoms with Crippen LogP contribution in [-0.2, 0) is 19.9 Å². The normalized spacial score (nSPS) is 18.1. The first-order valence-corrected chi connectivity index (χ1v) is 6.45. The van der Waals surface area contributed by atoms with Crippen LogP contribution in [0.2, 0.25) is 0 Å². The monoisotopic (exact) mass is 259 g/mol. The van der Waals surface area contributed by atoms with Gasteiger partial charge in [-0.1, -0.05) is 0 Å². The van der Waals surface area contributed by atoms with Gasteiger partial charge >= 0.3 is 0 Å². The number of H-pyrrole nitrogens is 1. The number of nitrogens with one attached hydrogen (secondary N) is 2. The fourth-order valence-corrected chi connectivity index (χ4v) is 2.52. The third-order valence-electron chi connectivity index (χ3n) is 3.84. The highest BCUT2D eigenvalue weighted by atomic mass is 16.1. The van der Waals surface area contributed by atoms with Gasteiger partial charge in [0.05, 0.1) is 18.0 Å². The van der Waals surface area contributed by atoms with Crippen molar-refractivity contribution in [2.75, 3.05) is 0 Å². The third kappa shape index (κ3) is 2.14. The molecule has 1 atom stereocenters. The van der Waals surface area contributed by atoms with Crippen LogP contribution in [0.1, 0.15) is 33.7 Å². The van der Waals surface area contributed by atoms with Crippen molar-refractivity contribution in [3.8, 4) is 0 Å². The second-order valence-electron chi connectivity index (χ2n) is 5.05. The summed E-state index contributed by atoms with van der Waals surface area (Å²) in [6.45, 7) is 1.90. The van der Waals surface area contributed by atoms with Crippen LogP contribution < -0.4 is 5.32 Å². The number of hydrogen-bond donors (Lipinski definition) is 2. The molecular weight excluding hydrogens is 242 g/mol. The lowest BCUT2D eigenvalue weighted by molar-refractivity contribution is 0.0932. The molecule has 19 heavy (non-hydrogen) atoms. The molecule has 3 rings (SSSR count). The van der Waals surface area contributed by atoms with E-state index in [2.05, 4.69) is 20.6 Å². The minimum Gasteiger partial charge on any atom is -0.349 e. The zero-order valence-corrected chi connectivity index (χ0v) is 11.1. The van der Waals surface area contributed by atoms with Crippen molar-refractivity contribution in [3.05, 3.63) is 34.9 Å². The molecule has 2 aromatic heterocycles. The SMILES string of the molecule is Cc1c(C(=O)N[C@@H]2CCc3cn[nH]c3C2)cnn1C. The van der Waals surface area contributed by atoms with Crippen LogP contribution in [0, 0.1) is 6.92 Å². The zero-order chi connectivity index (χ0) is 13.4. The number of hydrogen-bond acceptors (Lipinski definition) is 3. The molecule has 2 aromatic rings. The van der Waals surface area contributed by atoms with Crippen LogP contribution in [-0.4, -0.2) is 31.9 Å². The number of rotatable bonds is 2. The Balaban J connectivity index is 1.70. The van der Waals surface area contributed by atoms with E-state index in [-0.39, 0.29) is 11.9 Å². The Morgan fingerprint density at radius 1 is 1.53 bits per heavy atom. The minimum atomic E-state index is -0.0430. The third-order valence-corrected chi connectivity index (χ3v) is 3.84. The molecule has 0 unspecified atom stereocenters. The summed E-state index contributed by atoms with van der Waals surface area (Å²) >= 11 is 0. The van der Waals surface area contributed by atoms with Gasteiger partial charge in [0.15, 0.2) is 0 Å². The summed E-state index contributed by atoms with van der Waals surface area (Å²) in [4.78, 5) is 12.2. The van der Waals surface area contributed by atoms with Crippen LogP contribution in [0.4, 0.5) is 0 Å². The molecule has 0 radical (unpaired) electrons. The number of carbonyl (C=O) groups excluding carboxylic acids is 1. The van der Waals surface area contributed by atoms with Crippen molar-refractivity contribution < 1.29 is 4.79 Å². The van der Waals surface area contributed by atoms with Crippen molar-refractivity contribution in [3.63, 3.8) is 0 Å². The van der Waals surface area contributed by atoms with Gasteiger partial charge in [0.1, 0.15) is 0 Å². The van der Waals surface area contributed by atoms with Crippen molar-refractivity contribution in [2.45, 2.75) is 32.2 Å². The molecule has 0 saturated carbocycles. The molecule has 1 aliphatic rings. The molecular formula is C13H17N5O. The van der Waals surface area contributed by atoms with Crippen LogP contribution in [0.25, 0.3) is 0 Å². The van der Waals surface area contributed by atoms with Gasteiger partial charge < -0.3 is 5.32 Å². The molecule has 1 amide bonds. The van der Waals surface area contributed by atoms with Crippen molar-refractivity contribution in [1.29, 1.82) is 0 Å². The first kappa shape index (κ1) is 12.0. The van der Waals surface area contributed by atoms with E-state index in [1.807, 2.05) is 20.2 Å². The van der Waals surface area contributed by atoms with Gasteiger partial charge in [0, 0.05) is 30.9 Å². The number of aryl methyl sites for hydroxylation is 2. The van der Waals surface area contributed by atoms with E-state index in [1.165, 1.54) is 5.56 Å². The molecule has 6 nitrogen and oxygen atoms in total. The van der Waals surface area contributed by atoms with E-state index in [1.54, 1.807) is 10.9 Å². The predicted molar refractivity (Wildman–Crippen MR) is 69.8 cm³/mol. The van der Waals surface area contributed by atoms with Gasteiger partial charge in [0.2, 0.25) is 0 Å². The highest BCUT2D eigenvalue weighted by Crippen LogP contribution is 2.19. The van der Waals surface area contributed by atoms with E-state index in [9.17, 15) is 4.79 Å². The second kappa shape index (κ2) is 4.53. The maximum atomic E-state index is 12.2. The van der Waals surface area contributed by atoms with Crippen molar-refractivity contribution in [2.24, 2.45) is 7.05 Å². The summed E-state index contributed by atoms with van der Waals surface area (Å²) in [5.41, 5.74) is 3.94. The van der Waals surface area contributed by atoms with Crippen molar-refractivity contribution in [1.82, 2.24) is 25.3 Å². The number of carbonyl (C=O) groups is 1. The average molecular weight is 259 g/mol. The molecule has 0 bridgehead atoms. The summed E-state index contributed by atoms with van der Waals surface area (Å²) in [7, 11) is 1.84. The van der Waals surface area contributed by atoms with Gasteiger partial charge in [-0.15, -0.1) is 0 Å². The lowest BCUT2D eigenvalue weighted by Crippen LogP contribution is -2.39. The smallest absolute Gasteiger partial charge is 0.254 e. The summed E-state index contributed by atoms with van der Waals surface area (Å²) < 4.78 is 1.71. The molecule has 0 saturated heterocycles. The molecule has 1 aliphatic carbocycles. The van der Waals surface area contributed by atoms with Gasteiger partial charge in [-0.05, 0) is 25.3 Å². The van der Waals surface area contributed by atoms with E-state index in [0.29, 0.717) is 5.56 Å². The number of amides is 1. The van der Waals surface area contributed by atoms with Crippen LogP contribution >= 0.6 is 0 Å². The molecule has 100 valence electrons. The summed E-state index contributed by atoms with van der Waals surface area (Å²) in [6.07, 6.45) is 6.23. The van der Waals surface area contributed by atoms with Gasteiger partial charge in [-0.2, -0.15) is 10.2 Å². The Kier molecular flexibility index (Phi) is 2.85. The van der Waals surface area contributed by atoms with Crippen molar-refractivity contribution >= 4 is 5.91 Å². The Morgan fingerprint density at radius 3 is 3.11 bits per heavy atom. The minimum absolute atomic E-state index is 0.0430. The van der Waals surface area contributed by atoms with E-state index in [0.717, 1.165) is 30.7 Å². The molecule has 6 heteroatoms. The molecule has 0 fully saturated rings. The van der Waals surface area contributed by atoms with Gasteiger partial charge in [-0.25, -0.2) is 0 Å². The Hall–Kier alpha value is -2.11. The second-order valence-corrected chi connectivity index (χ2v) is 5.05. The summed E-state index contributed by atoms with van der Waals surface area (Å²) in [5.74, 6) is -0.0430. The quantitative estimate of drug-likeness (QED) is 0.835. The van der Waals surface area contributed by atoms with Gasteiger partial charge in [0.25, 0.3) is 5.91 Å². The zero-order valence-electron chi connectivity index (χ0n) is 11.1. The number of fused-ring (bicyclic) bond motifs is 1.